The van der Waals surface area contributed by atoms with Crippen LogP contribution in [-0.2, 0) is 14.3 Å². The first kappa shape index (κ1) is 15.3. The number of rotatable bonds is 4. The Morgan fingerprint density at radius 2 is 2.29 bits per heavy atom. The van der Waals surface area contributed by atoms with Crippen LogP contribution in [0.1, 0.15) is 45.4 Å². The quantitative estimate of drug-likeness (QED) is 0.793. The van der Waals surface area contributed by atoms with Crippen LogP contribution in [0.4, 0.5) is 0 Å². The van der Waals surface area contributed by atoms with Gasteiger partial charge in [-0.2, -0.15) is 0 Å². The molecular formula is C16H28N2O3. The molecule has 5 nitrogen and oxygen atoms in total. The molecular weight excluding hydrogens is 268 g/mol. The van der Waals surface area contributed by atoms with Crippen LogP contribution >= 0.6 is 0 Å². The fourth-order valence-corrected chi connectivity index (χ4v) is 4.50. The number of nitrogens with zero attached hydrogens (tertiary/aromatic N) is 1. The molecule has 3 fully saturated rings. The molecule has 120 valence electrons. The molecule has 5 heteroatoms. The number of fused-ring (bicyclic) bond motifs is 1. The number of carbonyl (C=O) groups is 1. The lowest BCUT2D eigenvalue weighted by atomic mass is 9.97. The first-order valence-electron chi connectivity index (χ1n) is 8.43. The minimum atomic E-state index is -0.479. The average molecular weight is 296 g/mol. The van der Waals surface area contributed by atoms with Gasteiger partial charge in [0.1, 0.15) is 5.54 Å². The fourth-order valence-electron chi connectivity index (χ4n) is 4.50. The van der Waals surface area contributed by atoms with Crippen molar-refractivity contribution >= 4 is 5.97 Å². The molecule has 0 aromatic carbocycles. The highest BCUT2D eigenvalue weighted by atomic mass is 16.5. The second kappa shape index (κ2) is 6.23. The zero-order chi connectivity index (χ0) is 14.9. The Morgan fingerprint density at radius 3 is 3.05 bits per heavy atom. The summed E-state index contributed by atoms with van der Waals surface area (Å²) >= 11 is 0. The van der Waals surface area contributed by atoms with E-state index in [-0.39, 0.29) is 5.97 Å². The number of nitrogens with one attached hydrogen (secondary N) is 1. The van der Waals surface area contributed by atoms with Crippen LogP contribution in [-0.4, -0.2) is 61.4 Å². The number of likely N-dealkylation sites (N-methyl/N-ethyl adjacent to an activating group) is 1. The van der Waals surface area contributed by atoms with Crippen LogP contribution in [0.2, 0.25) is 0 Å². The largest absolute Gasteiger partial charge is 0.465 e. The zero-order valence-electron chi connectivity index (χ0n) is 13.3. The van der Waals surface area contributed by atoms with E-state index in [1.54, 1.807) is 0 Å². The maximum absolute atomic E-state index is 12.3. The van der Waals surface area contributed by atoms with Gasteiger partial charge in [0.05, 0.1) is 19.3 Å². The summed E-state index contributed by atoms with van der Waals surface area (Å²) in [6, 6.07) is 1.05. The molecule has 3 rings (SSSR count). The smallest absolute Gasteiger partial charge is 0.326 e. The third-order valence-corrected chi connectivity index (χ3v) is 5.63. The van der Waals surface area contributed by atoms with Crippen molar-refractivity contribution in [3.63, 3.8) is 0 Å². The molecule has 21 heavy (non-hydrogen) atoms. The van der Waals surface area contributed by atoms with Crippen LogP contribution in [0, 0.1) is 0 Å². The Labute approximate surface area is 127 Å². The lowest BCUT2D eigenvalue weighted by Crippen LogP contribution is -2.55. The van der Waals surface area contributed by atoms with Crippen LogP contribution in [0.3, 0.4) is 0 Å². The maximum atomic E-state index is 12.3. The van der Waals surface area contributed by atoms with E-state index in [9.17, 15) is 4.79 Å². The van der Waals surface area contributed by atoms with Crippen molar-refractivity contribution in [1.82, 2.24) is 10.2 Å². The molecule has 1 N–H and O–H groups in total. The number of esters is 1. The molecule has 1 heterocycles. The van der Waals surface area contributed by atoms with Crippen molar-refractivity contribution in [3.8, 4) is 0 Å². The normalized spacial score (nSPS) is 40.2. The van der Waals surface area contributed by atoms with Crippen molar-refractivity contribution in [1.29, 1.82) is 0 Å². The molecule has 1 aliphatic heterocycles. The topological polar surface area (TPSA) is 50.8 Å². The van der Waals surface area contributed by atoms with Crippen LogP contribution in [0.15, 0.2) is 0 Å². The number of hydrogen-bond donors (Lipinski definition) is 1. The Morgan fingerprint density at radius 1 is 1.43 bits per heavy atom. The van der Waals surface area contributed by atoms with Gasteiger partial charge in [0.25, 0.3) is 0 Å². The molecule has 4 unspecified atom stereocenters. The lowest BCUT2D eigenvalue weighted by Gasteiger charge is -2.42. The predicted octanol–water partition coefficient (Wildman–Crippen LogP) is 1.31. The molecule has 3 aliphatic rings. The van der Waals surface area contributed by atoms with Crippen LogP contribution in [0.5, 0.6) is 0 Å². The van der Waals surface area contributed by atoms with E-state index in [1.807, 2.05) is 14.0 Å². The van der Waals surface area contributed by atoms with Crippen molar-refractivity contribution in [3.05, 3.63) is 0 Å². The Hall–Kier alpha value is -0.650. The van der Waals surface area contributed by atoms with Gasteiger partial charge in [-0.05, 0) is 52.5 Å². The number of carbonyl (C=O) groups excluding carboxylic acids is 1. The summed E-state index contributed by atoms with van der Waals surface area (Å²) in [6.07, 6.45) is 6.95. The first-order chi connectivity index (χ1) is 10.2. The standard InChI is InChI=1S/C16H28N2O3/c1-3-20-15(19)16(17-2)8-7-12(11-16)18-9-10-21-14-6-4-5-13(14)18/h12-14,17H,3-11H2,1-2H3. The van der Waals surface area contributed by atoms with Gasteiger partial charge in [-0.25, -0.2) is 0 Å². The summed E-state index contributed by atoms with van der Waals surface area (Å²) in [5.41, 5.74) is -0.479. The summed E-state index contributed by atoms with van der Waals surface area (Å²) in [5.74, 6) is -0.0776. The van der Waals surface area contributed by atoms with Crippen molar-refractivity contribution < 1.29 is 14.3 Å². The number of hydrogen-bond acceptors (Lipinski definition) is 5. The molecule has 2 aliphatic carbocycles. The van der Waals surface area contributed by atoms with Gasteiger partial charge >= 0.3 is 5.97 Å². The molecule has 2 saturated carbocycles. The van der Waals surface area contributed by atoms with Crippen LogP contribution in [0.25, 0.3) is 0 Å². The third-order valence-electron chi connectivity index (χ3n) is 5.63. The van der Waals surface area contributed by atoms with E-state index in [0.717, 1.165) is 32.4 Å². The SMILES string of the molecule is CCOC(=O)C1(NC)CCC(N2CCOC3CCCC32)C1. The van der Waals surface area contributed by atoms with E-state index in [0.29, 0.717) is 24.8 Å². The highest BCUT2D eigenvalue weighted by Crippen LogP contribution is 2.39. The second-order valence-electron chi connectivity index (χ2n) is 6.59. The highest BCUT2D eigenvalue weighted by molar-refractivity contribution is 5.81. The number of morpholine rings is 1. The highest BCUT2D eigenvalue weighted by Gasteiger charge is 2.49. The van der Waals surface area contributed by atoms with Gasteiger partial charge < -0.3 is 14.8 Å². The van der Waals surface area contributed by atoms with E-state index in [1.165, 1.54) is 19.3 Å². The maximum Gasteiger partial charge on any atom is 0.326 e. The lowest BCUT2D eigenvalue weighted by molar-refractivity contribution is -0.151. The monoisotopic (exact) mass is 296 g/mol. The van der Waals surface area contributed by atoms with Crippen molar-refractivity contribution in [2.24, 2.45) is 0 Å². The predicted molar refractivity (Wildman–Crippen MR) is 80.1 cm³/mol. The summed E-state index contributed by atoms with van der Waals surface area (Å²) in [6.45, 7) is 4.17. The Bertz CT molecular complexity index is 390. The molecule has 4 atom stereocenters. The second-order valence-corrected chi connectivity index (χ2v) is 6.59. The van der Waals surface area contributed by atoms with Gasteiger partial charge in [0.15, 0.2) is 0 Å². The molecule has 0 spiro atoms. The summed E-state index contributed by atoms with van der Waals surface area (Å²) < 4.78 is 11.2. The molecule has 0 amide bonds. The third kappa shape index (κ3) is 2.71. The summed E-state index contributed by atoms with van der Waals surface area (Å²) in [7, 11) is 1.89. The first-order valence-corrected chi connectivity index (χ1v) is 8.43. The summed E-state index contributed by atoms with van der Waals surface area (Å²) in [5, 5.41) is 3.26. The number of ether oxygens (including phenoxy) is 2. The minimum Gasteiger partial charge on any atom is -0.465 e. The molecule has 0 aromatic heterocycles. The molecule has 0 aromatic rings. The molecule has 0 radical (unpaired) electrons. The Kier molecular flexibility index (Phi) is 4.52. The Balaban J connectivity index is 1.69. The molecule has 1 saturated heterocycles. The van der Waals surface area contributed by atoms with E-state index >= 15 is 0 Å². The van der Waals surface area contributed by atoms with Crippen molar-refractivity contribution in [2.75, 3.05) is 26.8 Å². The fraction of sp³-hybridized carbons (Fsp3) is 0.938. The zero-order valence-corrected chi connectivity index (χ0v) is 13.3. The molecule has 0 bridgehead atoms. The van der Waals surface area contributed by atoms with Gasteiger partial charge in [0.2, 0.25) is 0 Å². The average Bonchev–Trinajstić information content (AvgIpc) is 3.14. The van der Waals surface area contributed by atoms with Crippen LogP contribution < -0.4 is 5.32 Å². The van der Waals surface area contributed by atoms with Gasteiger partial charge in [-0.1, -0.05) is 0 Å². The van der Waals surface area contributed by atoms with Crippen molar-refractivity contribution in [2.45, 2.75) is 69.2 Å². The van der Waals surface area contributed by atoms with E-state index in [2.05, 4.69) is 10.2 Å². The van der Waals surface area contributed by atoms with Gasteiger partial charge in [-0.3, -0.25) is 9.69 Å². The van der Waals surface area contributed by atoms with Gasteiger partial charge in [-0.15, -0.1) is 0 Å². The minimum absolute atomic E-state index is 0.0776. The van der Waals surface area contributed by atoms with E-state index < -0.39 is 5.54 Å². The summed E-state index contributed by atoms with van der Waals surface area (Å²) in [4.78, 5) is 15.0. The van der Waals surface area contributed by atoms with E-state index in [4.69, 9.17) is 9.47 Å². The van der Waals surface area contributed by atoms with Gasteiger partial charge in [0, 0.05) is 18.6 Å².